The lowest BCUT2D eigenvalue weighted by Crippen LogP contribution is -2.38. The average molecular weight is 223 g/mol. The molecule has 88 valence electrons. The van der Waals surface area contributed by atoms with Crippen molar-refractivity contribution in [1.82, 2.24) is 4.57 Å². The molecule has 1 heterocycles. The van der Waals surface area contributed by atoms with E-state index in [2.05, 4.69) is 0 Å². The van der Waals surface area contributed by atoms with Gasteiger partial charge in [0.05, 0.1) is 0 Å². The van der Waals surface area contributed by atoms with Gasteiger partial charge in [-0.25, -0.2) is 4.79 Å². The quantitative estimate of drug-likeness (QED) is 0.791. The van der Waals surface area contributed by atoms with Crippen LogP contribution in [0.4, 0.5) is 0 Å². The van der Waals surface area contributed by atoms with Gasteiger partial charge in [-0.1, -0.05) is 0 Å². The number of aryl methyl sites for hydroxylation is 2. The molecule has 0 spiro atoms. The summed E-state index contributed by atoms with van der Waals surface area (Å²) in [6.45, 7) is 9.09. The molecule has 4 nitrogen and oxygen atoms in total. The Hall–Kier alpha value is -1.58. The Labute approximate surface area is 94.5 Å². The lowest BCUT2D eigenvalue weighted by molar-refractivity contribution is 0.0693. The van der Waals surface area contributed by atoms with E-state index in [0.29, 0.717) is 5.56 Å². The molecule has 0 aromatic carbocycles. The molecular weight excluding hydrogens is 206 g/mol. The fourth-order valence-electron chi connectivity index (χ4n) is 1.98. The summed E-state index contributed by atoms with van der Waals surface area (Å²) >= 11 is 0. The largest absolute Gasteiger partial charge is 0.477 e. The molecule has 4 heteroatoms. The van der Waals surface area contributed by atoms with Crippen LogP contribution in [0.15, 0.2) is 10.9 Å². The maximum absolute atomic E-state index is 12.1. The number of aromatic carboxylic acids is 1. The summed E-state index contributed by atoms with van der Waals surface area (Å²) in [5, 5.41) is 9.01. The molecule has 1 rings (SSSR count). The smallest absolute Gasteiger partial charge is 0.341 e. The van der Waals surface area contributed by atoms with Crippen molar-refractivity contribution in [2.75, 3.05) is 0 Å². The number of aromatic nitrogens is 1. The Morgan fingerprint density at radius 2 is 1.81 bits per heavy atom. The second kappa shape index (κ2) is 3.77. The van der Waals surface area contributed by atoms with Crippen LogP contribution >= 0.6 is 0 Å². The van der Waals surface area contributed by atoms with Crippen molar-refractivity contribution in [3.63, 3.8) is 0 Å². The highest BCUT2D eigenvalue weighted by Crippen LogP contribution is 2.16. The highest BCUT2D eigenvalue weighted by molar-refractivity contribution is 5.88. The van der Waals surface area contributed by atoms with Crippen molar-refractivity contribution >= 4 is 5.97 Å². The number of nitrogens with zero attached hydrogens (tertiary/aromatic N) is 1. The van der Waals surface area contributed by atoms with Crippen LogP contribution in [0.2, 0.25) is 0 Å². The first-order chi connectivity index (χ1) is 7.16. The van der Waals surface area contributed by atoms with Gasteiger partial charge in [-0.05, 0) is 46.2 Å². The zero-order valence-electron chi connectivity index (χ0n) is 10.3. The molecule has 0 unspecified atom stereocenters. The van der Waals surface area contributed by atoms with Crippen molar-refractivity contribution in [3.05, 3.63) is 33.2 Å². The number of carbonyl (C=O) groups is 1. The molecule has 0 amide bonds. The zero-order chi connectivity index (χ0) is 12.7. The average Bonchev–Trinajstić information content (AvgIpc) is 1.97. The van der Waals surface area contributed by atoms with Gasteiger partial charge in [-0.2, -0.15) is 0 Å². The van der Waals surface area contributed by atoms with E-state index in [1.54, 1.807) is 13.0 Å². The summed E-state index contributed by atoms with van der Waals surface area (Å²) in [5.74, 6) is -1.17. The van der Waals surface area contributed by atoms with E-state index in [9.17, 15) is 9.59 Å². The highest BCUT2D eigenvalue weighted by Gasteiger charge is 2.22. The fourth-order valence-corrected chi connectivity index (χ4v) is 1.98. The van der Waals surface area contributed by atoms with Crippen LogP contribution in [0.1, 0.15) is 42.4 Å². The topological polar surface area (TPSA) is 59.3 Å². The van der Waals surface area contributed by atoms with Crippen LogP contribution in [0.3, 0.4) is 0 Å². The van der Waals surface area contributed by atoms with Crippen molar-refractivity contribution in [2.45, 2.75) is 40.2 Å². The predicted molar refractivity (Wildman–Crippen MR) is 62.1 cm³/mol. The molecule has 1 aromatic heterocycles. The van der Waals surface area contributed by atoms with Gasteiger partial charge in [0.15, 0.2) is 0 Å². The maximum atomic E-state index is 12.1. The van der Waals surface area contributed by atoms with E-state index >= 15 is 0 Å². The maximum Gasteiger partial charge on any atom is 0.341 e. The van der Waals surface area contributed by atoms with Gasteiger partial charge in [0.25, 0.3) is 5.56 Å². The summed E-state index contributed by atoms with van der Waals surface area (Å²) < 4.78 is 1.52. The molecule has 0 aliphatic carbocycles. The standard InChI is InChI=1S/C12H17NO3/c1-7-6-8(2)13(12(3,4)5)10(14)9(7)11(15)16/h6H,1-5H3,(H,15,16). The summed E-state index contributed by atoms with van der Waals surface area (Å²) in [4.78, 5) is 23.1. The summed E-state index contributed by atoms with van der Waals surface area (Å²) in [7, 11) is 0. The third kappa shape index (κ3) is 2.01. The predicted octanol–water partition coefficient (Wildman–Crippen LogP) is 1.92. The van der Waals surface area contributed by atoms with Gasteiger partial charge in [-0.3, -0.25) is 4.79 Å². The van der Waals surface area contributed by atoms with Crippen LogP contribution in [0.5, 0.6) is 0 Å². The van der Waals surface area contributed by atoms with Gasteiger partial charge in [0.1, 0.15) is 5.56 Å². The van der Waals surface area contributed by atoms with Crippen molar-refractivity contribution in [2.24, 2.45) is 0 Å². The molecular formula is C12H17NO3. The number of hydrogen-bond acceptors (Lipinski definition) is 2. The van der Waals surface area contributed by atoms with Gasteiger partial charge in [-0.15, -0.1) is 0 Å². The van der Waals surface area contributed by atoms with Gasteiger partial charge in [0, 0.05) is 11.2 Å². The molecule has 0 saturated heterocycles. The Morgan fingerprint density at radius 3 is 2.19 bits per heavy atom. The molecule has 0 fully saturated rings. The number of hydrogen-bond donors (Lipinski definition) is 1. The SMILES string of the molecule is Cc1cc(C)n(C(C)(C)C)c(=O)c1C(=O)O. The van der Waals surface area contributed by atoms with Crippen LogP contribution in [-0.4, -0.2) is 15.6 Å². The number of rotatable bonds is 1. The molecule has 16 heavy (non-hydrogen) atoms. The van der Waals surface area contributed by atoms with Gasteiger partial charge < -0.3 is 9.67 Å². The fraction of sp³-hybridized carbons (Fsp3) is 0.500. The van der Waals surface area contributed by atoms with Gasteiger partial charge >= 0.3 is 5.97 Å². The lowest BCUT2D eigenvalue weighted by atomic mass is 10.0. The minimum absolute atomic E-state index is 0.138. The molecule has 1 aromatic rings. The number of carboxylic acid groups (broad SMARTS) is 1. The molecule has 0 radical (unpaired) electrons. The second-order valence-electron chi connectivity index (χ2n) is 4.96. The normalized spacial score (nSPS) is 11.6. The second-order valence-corrected chi connectivity index (χ2v) is 4.96. The van der Waals surface area contributed by atoms with Crippen LogP contribution in [-0.2, 0) is 5.54 Å². The van der Waals surface area contributed by atoms with Crippen LogP contribution < -0.4 is 5.56 Å². The van der Waals surface area contributed by atoms with Crippen LogP contribution in [0, 0.1) is 13.8 Å². The van der Waals surface area contributed by atoms with E-state index < -0.39 is 17.1 Å². The van der Waals surface area contributed by atoms with Crippen molar-refractivity contribution in [3.8, 4) is 0 Å². The Kier molecular flexibility index (Phi) is 2.95. The monoisotopic (exact) mass is 223 g/mol. The highest BCUT2D eigenvalue weighted by atomic mass is 16.4. The lowest BCUT2D eigenvalue weighted by Gasteiger charge is -2.26. The third-order valence-electron chi connectivity index (χ3n) is 2.47. The Bertz CT molecular complexity index is 492. The first-order valence-electron chi connectivity index (χ1n) is 5.13. The van der Waals surface area contributed by atoms with Gasteiger partial charge in [0.2, 0.25) is 0 Å². The van der Waals surface area contributed by atoms with E-state index in [-0.39, 0.29) is 5.56 Å². The van der Waals surface area contributed by atoms with E-state index in [1.807, 2.05) is 27.7 Å². The number of carboxylic acids is 1. The third-order valence-corrected chi connectivity index (χ3v) is 2.47. The molecule has 0 bridgehead atoms. The molecule has 0 saturated carbocycles. The van der Waals surface area contributed by atoms with Crippen LogP contribution in [0.25, 0.3) is 0 Å². The van der Waals surface area contributed by atoms with Crippen molar-refractivity contribution in [1.29, 1.82) is 0 Å². The summed E-state index contributed by atoms with van der Waals surface area (Å²) in [6.07, 6.45) is 0. The molecule has 1 N–H and O–H groups in total. The minimum atomic E-state index is -1.17. The number of pyridine rings is 1. The summed E-state index contributed by atoms with van der Waals surface area (Å²) in [5.41, 5.74) is 0.299. The molecule has 0 atom stereocenters. The summed E-state index contributed by atoms with van der Waals surface area (Å²) in [6, 6.07) is 1.73. The Balaban J connectivity index is 3.73. The van der Waals surface area contributed by atoms with E-state index in [1.165, 1.54) is 4.57 Å². The molecule has 0 aliphatic rings. The molecule has 0 aliphatic heterocycles. The first kappa shape index (κ1) is 12.5. The zero-order valence-corrected chi connectivity index (χ0v) is 10.3. The Morgan fingerprint density at radius 1 is 1.31 bits per heavy atom. The van der Waals surface area contributed by atoms with E-state index in [4.69, 9.17) is 5.11 Å². The minimum Gasteiger partial charge on any atom is -0.477 e. The van der Waals surface area contributed by atoms with Crippen molar-refractivity contribution < 1.29 is 9.90 Å². The van der Waals surface area contributed by atoms with E-state index in [0.717, 1.165) is 5.69 Å². The first-order valence-corrected chi connectivity index (χ1v) is 5.13.